The fourth-order valence-corrected chi connectivity index (χ4v) is 3.68. The summed E-state index contributed by atoms with van der Waals surface area (Å²) in [4.78, 5) is 38.4. The molecule has 1 atom stereocenters. The Kier molecular flexibility index (Phi) is 5.43. The van der Waals surface area contributed by atoms with Gasteiger partial charge in [0, 0.05) is 44.9 Å². The Hall–Kier alpha value is -3.06. The van der Waals surface area contributed by atoms with Gasteiger partial charge in [0.25, 0.3) is 5.56 Å². The van der Waals surface area contributed by atoms with Gasteiger partial charge in [0.05, 0.1) is 16.9 Å². The topological polar surface area (TPSA) is 91.0 Å². The molecule has 144 valence electrons. The molecule has 1 aromatic carbocycles. The predicted molar refractivity (Wildman–Crippen MR) is 107 cm³/mol. The van der Waals surface area contributed by atoms with E-state index in [1.165, 1.54) is 0 Å². The molecule has 0 bridgehead atoms. The van der Waals surface area contributed by atoms with E-state index in [0.29, 0.717) is 42.5 Å². The third-order valence-corrected chi connectivity index (χ3v) is 5.10. The Morgan fingerprint density at radius 3 is 2.96 bits per heavy atom. The number of hydrogen-bond donors (Lipinski definition) is 2. The smallest absolute Gasteiger partial charge is 0.258 e. The number of aromatic nitrogens is 3. The minimum absolute atomic E-state index is 0.00792. The van der Waals surface area contributed by atoms with Crippen molar-refractivity contribution in [2.24, 2.45) is 0 Å². The summed E-state index contributed by atoms with van der Waals surface area (Å²) in [6.45, 7) is 2.21. The molecule has 7 nitrogen and oxygen atoms in total. The number of rotatable bonds is 5. The first-order chi connectivity index (χ1) is 13.7. The molecule has 7 heteroatoms. The van der Waals surface area contributed by atoms with Crippen LogP contribution in [-0.4, -0.2) is 45.4 Å². The van der Waals surface area contributed by atoms with Crippen LogP contribution in [0.5, 0.6) is 0 Å². The number of fused-ring (bicyclic) bond motifs is 1. The summed E-state index contributed by atoms with van der Waals surface area (Å²) < 4.78 is 0. The number of aromatic amines is 1. The van der Waals surface area contributed by atoms with E-state index < -0.39 is 0 Å². The normalized spacial score (nSPS) is 17.0. The lowest BCUT2D eigenvalue weighted by Gasteiger charge is -2.36. The van der Waals surface area contributed by atoms with Gasteiger partial charge in [-0.2, -0.15) is 0 Å². The molecule has 1 amide bonds. The van der Waals surface area contributed by atoms with Gasteiger partial charge in [-0.25, -0.2) is 4.98 Å². The molecule has 1 unspecified atom stereocenters. The van der Waals surface area contributed by atoms with Gasteiger partial charge in [-0.05, 0) is 30.2 Å². The number of H-pyrrole nitrogens is 1. The minimum atomic E-state index is -0.134. The van der Waals surface area contributed by atoms with Crippen molar-refractivity contribution in [3.05, 3.63) is 70.5 Å². The van der Waals surface area contributed by atoms with Crippen LogP contribution in [0.2, 0.25) is 0 Å². The molecule has 2 aromatic heterocycles. The number of carbonyl (C=O) groups is 1. The lowest BCUT2D eigenvalue weighted by atomic mass is 10.0. The molecule has 1 aliphatic rings. The average Bonchev–Trinajstić information content (AvgIpc) is 2.74. The summed E-state index contributed by atoms with van der Waals surface area (Å²) in [6, 6.07) is 11.2. The van der Waals surface area contributed by atoms with Crippen molar-refractivity contribution in [3.8, 4) is 0 Å². The van der Waals surface area contributed by atoms with Crippen LogP contribution in [0, 0.1) is 0 Å². The van der Waals surface area contributed by atoms with Gasteiger partial charge in [-0.3, -0.25) is 14.6 Å². The number of carbonyl (C=O) groups excluding carboxylic acids is 1. The number of nitrogens with zero attached hydrogens (tertiary/aromatic N) is 3. The van der Waals surface area contributed by atoms with Crippen LogP contribution < -0.4 is 10.9 Å². The Bertz CT molecular complexity index is 1020. The Labute approximate surface area is 162 Å². The molecule has 1 fully saturated rings. The zero-order valence-corrected chi connectivity index (χ0v) is 15.6. The number of piperazine rings is 1. The van der Waals surface area contributed by atoms with Crippen LogP contribution in [-0.2, 0) is 11.2 Å². The van der Waals surface area contributed by atoms with Gasteiger partial charge in [0.2, 0.25) is 5.91 Å². The quantitative estimate of drug-likeness (QED) is 0.708. The summed E-state index contributed by atoms with van der Waals surface area (Å²) in [5.41, 5.74) is 1.60. The van der Waals surface area contributed by atoms with E-state index in [-0.39, 0.29) is 17.5 Å². The maximum Gasteiger partial charge on any atom is 0.258 e. The van der Waals surface area contributed by atoms with Gasteiger partial charge in [-0.15, -0.1) is 0 Å². The Morgan fingerprint density at radius 2 is 2.11 bits per heavy atom. The largest absolute Gasteiger partial charge is 0.333 e. The van der Waals surface area contributed by atoms with Gasteiger partial charge in [0.15, 0.2) is 0 Å². The van der Waals surface area contributed by atoms with Crippen molar-refractivity contribution in [2.75, 3.05) is 19.6 Å². The molecule has 0 saturated carbocycles. The highest BCUT2D eigenvalue weighted by Gasteiger charge is 2.27. The zero-order valence-electron chi connectivity index (χ0n) is 15.6. The van der Waals surface area contributed by atoms with Crippen molar-refractivity contribution in [1.82, 2.24) is 25.2 Å². The second-order valence-electron chi connectivity index (χ2n) is 6.98. The molecule has 1 aliphatic heterocycles. The first-order valence-corrected chi connectivity index (χ1v) is 9.60. The molecule has 1 saturated heterocycles. The highest BCUT2D eigenvalue weighted by atomic mass is 16.2. The van der Waals surface area contributed by atoms with E-state index >= 15 is 0 Å². The van der Waals surface area contributed by atoms with E-state index in [1.807, 2.05) is 41.4 Å². The second-order valence-corrected chi connectivity index (χ2v) is 6.98. The third kappa shape index (κ3) is 3.94. The lowest BCUT2D eigenvalue weighted by molar-refractivity contribution is -0.134. The number of nitrogens with one attached hydrogen (secondary N) is 2. The molecule has 0 radical (unpaired) electrons. The molecule has 3 heterocycles. The molecular weight excluding hydrogens is 354 g/mol. The van der Waals surface area contributed by atoms with Crippen molar-refractivity contribution in [2.45, 2.75) is 25.3 Å². The number of benzene rings is 1. The van der Waals surface area contributed by atoms with Crippen LogP contribution in [0.4, 0.5) is 0 Å². The summed E-state index contributed by atoms with van der Waals surface area (Å²) in [5.74, 6) is 0.749. The third-order valence-electron chi connectivity index (χ3n) is 5.10. The molecule has 3 aromatic rings. The summed E-state index contributed by atoms with van der Waals surface area (Å²) in [5, 5.41) is 3.94. The van der Waals surface area contributed by atoms with Crippen molar-refractivity contribution < 1.29 is 4.79 Å². The molecular formula is C21H23N5O2. The van der Waals surface area contributed by atoms with E-state index in [1.54, 1.807) is 12.3 Å². The van der Waals surface area contributed by atoms with E-state index in [9.17, 15) is 9.59 Å². The van der Waals surface area contributed by atoms with Gasteiger partial charge >= 0.3 is 0 Å². The number of hydrogen-bond acceptors (Lipinski definition) is 5. The van der Waals surface area contributed by atoms with E-state index in [2.05, 4.69) is 20.3 Å². The highest BCUT2D eigenvalue weighted by molar-refractivity contribution is 5.77. The average molecular weight is 377 g/mol. The maximum absolute atomic E-state index is 12.8. The van der Waals surface area contributed by atoms with Crippen LogP contribution >= 0.6 is 0 Å². The van der Waals surface area contributed by atoms with Crippen LogP contribution in [0.1, 0.15) is 30.3 Å². The monoisotopic (exact) mass is 377 g/mol. The molecule has 0 aliphatic carbocycles. The van der Waals surface area contributed by atoms with Gasteiger partial charge < -0.3 is 15.2 Å². The first-order valence-electron chi connectivity index (χ1n) is 9.60. The number of aryl methyl sites for hydroxylation is 1. The standard InChI is InChI=1S/C21H23N5O2/c27-20(26-12-11-23-14-18(26)15-5-4-10-22-13-15)9-3-8-19-24-17-7-2-1-6-16(17)21(28)25-19/h1-2,4-7,10,13,18,23H,3,8-9,11-12,14H2,(H,24,25,28). The second kappa shape index (κ2) is 8.31. The maximum atomic E-state index is 12.8. The Morgan fingerprint density at radius 1 is 1.21 bits per heavy atom. The fourth-order valence-electron chi connectivity index (χ4n) is 3.68. The number of pyridine rings is 1. The number of amides is 1. The summed E-state index contributed by atoms with van der Waals surface area (Å²) >= 11 is 0. The highest BCUT2D eigenvalue weighted by Crippen LogP contribution is 2.22. The number of para-hydroxylation sites is 1. The summed E-state index contributed by atoms with van der Waals surface area (Å²) in [6.07, 6.45) is 5.19. The van der Waals surface area contributed by atoms with Crippen molar-refractivity contribution in [3.63, 3.8) is 0 Å². The van der Waals surface area contributed by atoms with Gasteiger partial charge in [-0.1, -0.05) is 18.2 Å². The predicted octanol–water partition coefficient (Wildman–Crippen LogP) is 1.81. The van der Waals surface area contributed by atoms with Crippen LogP contribution in [0.3, 0.4) is 0 Å². The zero-order chi connectivity index (χ0) is 19.3. The van der Waals surface area contributed by atoms with Crippen LogP contribution in [0.25, 0.3) is 10.9 Å². The minimum Gasteiger partial charge on any atom is -0.333 e. The van der Waals surface area contributed by atoms with Gasteiger partial charge in [0.1, 0.15) is 5.82 Å². The first kappa shape index (κ1) is 18.3. The molecule has 28 heavy (non-hydrogen) atoms. The molecule has 4 rings (SSSR count). The molecule has 2 N–H and O–H groups in total. The van der Waals surface area contributed by atoms with Crippen molar-refractivity contribution >= 4 is 16.8 Å². The SMILES string of the molecule is O=C(CCCc1nc2ccccc2c(=O)[nH]1)N1CCNCC1c1cccnc1. The van der Waals surface area contributed by atoms with Crippen LogP contribution in [0.15, 0.2) is 53.6 Å². The fraction of sp³-hybridized carbons (Fsp3) is 0.333. The van der Waals surface area contributed by atoms with Crippen molar-refractivity contribution in [1.29, 1.82) is 0 Å². The van der Waals surface area contributed by atoms with E-state index in [0.717, 1.165) is 18.7 Å². The lowest BCUT2D eigenvalue weighted by Crippen LogP contribution is -2.48. The van der Waals surface area contributed by atoms with E-state index in [4.69, 9.17) is 0 Å². The Balaban J connectivity index is 1.40. The summed E-state index contributed by atoms with van der Waals surface area (Å²) in [7, 11) is 0. The molecule has 0 spiro atoms.